The van der Waals surface area contributed by atoms with E-state index in [0.29, 0.717) is 13.1 Å². The van der Waals surface area contributed by atoms with Gasteiger partial charge in [-0.05, 0) is 45.1 Å². The summed E-state index contributed by atoms with van der Waals surface area (Å²) in [5, 5.41) is 0.256. The van der Waals surface area contributed by atoms with E-state index < -0.39 is 10.0 Å². The maximum atomic E-state index is 12.7. The fraction of sp³-hybridized carbons (Fsp3) is 0.538. The summed E-state index contributed by atoms with van der Waals surface area (Å²) in [7, 11) is 0.437. The van der Waals surface area contributed by atoms with Crippen molar-refractivity contribution in [1.29, 1.82) is 0 Å². The Labute approximate surface area is 133 Å². The first-order valence-corrected chi connectivity index (χ1v) is 9.05. The number of halogens is 2. The molecule has 1 fully saturated rings. The van der Waals surface area contributed by atoms with Gasteiger partial charge in [0, 0.05) is 23.6 Å². The molecule has 0 aliphatic carbocycles. The van der Waals surface area contributed by atoms with Gasteiger partial charge in [-0.25, -0.2) is 8.42 Å². The van der Waals surface area contributed by atoms with Crippen molar-refractivity contribution in [3.8, 4) is 0 Å². The molecular weight excluding hydrogens is 364 g/mol. The van der Waals surface area contributed by atoms with Crippen LogP contribution in [-0.2, 0) is 10.0 Å². The molecule has 0 saturated carbocycles. The number of likely N-dealkylation sites (N-methyl/N-ethyl adjacent to an activating group) is 1. The van der Waals surface area contributed by atoms with E-state index in [4.69, 9.17) is 11.6 Å². The van der Waals surface area contributed by atoms with Crippen LogP contribution < -0.4 is 0 Å². The smallest absolute Gasteiger partial charge is 0.244 e. The van der Waals surface area contributed by atoms with Crippen molar-refractivity contribution in [2.24, 2.45) is 0 Å². The van der Waals surface area contributed by atoms with E-state index in [1.165, 1.54) is 4.31 Å². The van der Waals surface area contributed by atoms with Gasteiger partial charge in [-0.15, -0.1) is 0 Å². The molecule has 112 valence electrons. The van der Waals surface area contributed by atoms with Gasteiger partial charge in [-0.2, -0.15) is 4.31 Å². The monoisotopic (exact) mass is 380 g/mol. The van der Waals surface area contributed by atoms with Crippen molar-refractivity contribution in [3.05, 3.63) is 27.7 Å². The zero-order valence-electron chi connectivity index (χ0n) is 11.5. The van der Waals surface area contributed by atoms with Gasteiger partial charge in [-0.3, -0.25) is 0 Å². The lowest BCUT2D eigenvalue weighted by Gasteiger charge is -2.35. The molecule has 0 radical (unpaired) electrons. The second-order valence-corrected chi connectivity index (χ2v) is 8.43. The van der Waals surface area contributed by atoms with Gasteiger partial charge >= 0.3 is 0 Å². The number of rotatable bonds is 3. The highest BCUT2D eigenvalue weighted by atomic mass is 79.9. The molecule has 1 unspecified atom stereocenters. The van der Waals surface area contributed by atoms with E-state index in [-0.39, 0.29) is 16.0 Å². The number of benzene rings is 1. The Kier molecular flexibility index (Phi) is 5.13. The molecule has 0 spiro atoms. The van der Waals surface area contributed by atoms with Crippen LogP contribution in [0.1, 0.15) is 12.8 Å². The molecule has 0 bridgehead atoms. The molecule has 2 rings (SSSR count). The Morgan fingerprint density at radius 2 is 2.10 bits per heavy atom. The molecule has 4 nitrogen and oxygen atoms in total. The fourth-order valence-corrected chi connectivity index (χ4v) is 4.91. The molecule has 1 saturated heterocycles. The van der Waals surface area contributed by atoms with Gasteiger partial charge in [0.15, 0.2) is 0 Å². The largest absolute Gasteiger partial charge is 0.305 e. The highest BCUT2D eigenvalue weighted by Crippen LogP contribution is 2.29. The SMILES string of the molecule is CN(C)C1CCCN(S(=O)(=O)c2ccc(Br)cc2Cl)C1. The standard InChI is InChI=1S/C13H18BrClN2O2S/c1-16(2)11-4-3-7-17(9-11)20(18,19)13-6-5-10(14)8-12(13)15/h5-6,8,11H,3-4,7,9H2,1-2H3. The van der Waals surface area contributed by atoms with Crippen LogP contribution in [0.25, 0.3) is 0 Å². The Hall–Kier alpha value is -0.140. The van der Waals surface area contributed by atoms with Gasteiger partial charge in [0.2, 0.25) is 10.0 Å². The second-order valence-electron chi connectivity index (χ2n) is 5.20. The summed E-state index contributed by atoms with van der Waals surface area (Å²) < 4.78 is 27.7. The molecule has 1 atom stereocenters. The topological polar surface area (TPSA) is 40.6 Å². The molecule has 0 N–H and O–H groups in total. The van der Waals surface area contributed by atoms with E-state index in [1.54, 1.807) is 18.2 Å². The summed E-state index contributed by atoms with van der Waals surface area (Å²) >= 11 is 9.37. The molecule has 1 aromatic rings. The van der Waals surface area contributed by atoms with Crippen LogP contribution in [0.4, 0.5) is 0 Å². The van der Waals surface area contributed by atoms with Crippen LogP contribution in [-0.4, -0.2) is 50.8 Å². The molecule has 1 aliphatic rings. The summed E-state index contributed by atoms with van der Waals surface area (Å²) in [5.41, 5.74) is 0. The van der Waals surface area contributed by atoms with Gasteiger partial charge in [0.05, 0.1) is 5.02 Å². The van der Waals surface area contributed by atoms with Crippen molar-refractivity contribution >= 4 is 37.6 Å². The summed E-state index contributed by atoms with van der Waals surface area (Å²) in [6, 6.07) is 5.13. The Morgan fingerprint density at radius 3 is 2.70 bits per heavy atom. The minimum absolute atomic E-state index is 0.182. The average molecular weight is 382 g/mol. The first kappa shape index (κ1) is 16.2. The van der Waals surface area contributed by atoms with Crippen LogP contribution in [0.2, 0.25) is 5.02 Å². The average Bonchev–Trinajstić information content (AvgIpc) is 2.38. The zero-order chi connectivity index (χ0) is 14.9. The lowest BCUT2D eigenvalue weighted by Crippen LogP contribution is -2.47. The molecule has 0 aromatic heterocycles. The number of hydrogen-bond donors (Lipinski definition) is 0. The third-order valence-corrected chi connectivity index (χ3v) is 6.44. The molecule has 1 heterocycles. The highest BCUT2D eigenvalue weighted by Gasteiger charge is 2.32. The van der Waals surface area contributed by atoms with Gasteiger partial charge < -0.3 is 4.90 Å². The van der Waals surface area contributed by atoms with Gasteiger partial charge in [-0.1, -0.05) is 27.5 Å². The molecular formula is C13H18BrClN2O2S. The first-order valence-electron chi connectivity index (χ1n) is 6.44. The first-order chi connectivity index (χ1) is 9.32. The van der Waals surface area contributed by atoms with E-state index in [1.807, 2.05) is 14.1 Å². The van der Waals surface area contributed by atoms with Crippen LogP contribution in [0.5, 0.6) is 0 Å². The molecule has 7 heteroatoms. The summed E-state index contributed by atoms with van der Waals surface area (Å²) in [4.78, 5) is 2.26. The van der Waals surface area contributed by atoms with Crippen molar-refractivity contribution in [2.45, 2.75) is 23.8 Å². The van der Waals surface area contributed by atoms with Crippen LogP contribution >= 0.6 is 27.5 Å². The number of nitrogens with zero attached hydrogens (tertiary/aromatic N) is 2. The van der Waals surface area contributed by atoms with Crippen LogP contribution in [0.3, 0.4) is 0 Å². The molecule has 1 aliphatic heterocycles. The number of hydrogen-bond acceptors (Lipinski definition) is 3. The summed E-state index contributed by atoms with van der Waals surface area (Å²) in [5.74, 6) is 0. The molecule has 1 aromatic carbocycles. The summed E-state index contributed by atoms with van der Waals surface area (Å²) in [6.07, 6.45) is 1.89. The minimum Gasteiger partial charge on any atom is -0.305 e. The molecule has 20 heavy (non-hydrogen) atoms. The lowest BCUT2D eigenvalue weighted by molar-refractivity contribution is 0.190. The Bertz CT molecular complexity index is 592. The zero-order valence-corrected chi connectivity index (χ0v) is 14.7. The van der Waals surface area contributed by atoms with E-state index in [0.717, 1.165) is 17.3 Å². The van der Waals surface area contributed by atoms with E-state index >= 15 is 0 Å². The predicted molar refractivity (Wildman–Crippen MR) is 84.6 cm³/mol. The third kappa shape index (κ3) is 3.36. The van der Waals surface area contributed by atoms with E-state index in [2.05, 4.69) is 20.8 Å². The van der Waals surface area contributed by atoms with E-state index in [9.17, 15) is 8.42 Å². The minimum atomic E-state index is -3.52. The Balaban J connectivity index is 2.30. The van der Waals surface area contributed by atoms with Crippen molar-refractivity contribution in [2.75, 3.05) is 27.2 Å². The maximum absolute atomic E-state index is 12.7. The number of sulfonamides is 1. The molecule has 0 amide bonds. The van der Waals surface area contributed by atoms with Crippen molar-refractivity contribution in [3.63, 3.8) is 0 Å². The predicted octanol–water partition coefficient (Wildman–Crippen LogP) is 2.82. The second kappa shape index (κ2) is 6.32. The van der Waals surface area contributed by atoms with Crippen LogP contribution in [0.15, 0.2) is 27.6 Å². The van der Waals surface area contributed by atoms with Crippen molar-refractivity contribution < 1.29 is 8.42 Å². The van der Waals surface area contributed by atoms with Crippen LogP contribution in [0, 0.1) is 0 Å². The normalized spacial score (nSPS) is 21.4. The number of piperidine rings is 1. The lowest BCUT2D eigenvalue weighted by atomic mass is 10.1. The summed E-state index contributed by atoms with van der Waals surface area (Å²) in [6.45, 7) is 1.07. The third-order valence-electron chi connectivity index (χ3n) is 3.60. The van der Waals surface area contributed by atoms with Gasteiger partial charge in [0.25, 0.3) is 0 Å². The Morgan fingerprint density at radius 1 is 1.40 bits per heavy atom. The van der Waals surface area contributed by atoms with Gasteiger partial charge in [0.1, 0.15) is 4.90 Å². The highest BCUT2D eigenvalue weighted by molar-refractivity contribution is 9.10. The quantitative estimate of drug-likeness (QED) is 0.808. The fourth-order valence-electron chi connectivity index (χ4n) is 2.38. The van der Waals surface area contributed by atoms with Crippen molar-refractivity contribution in [1.82, 2.24) is 9.21 Å². The maximum Gasteiger partial charge on any atom is 0.244 e.